The number of nitrogens with zero attached hydrogens (tertiary/aromatic N) is 8. The van der Waals surface area contributed by atoms with Crippen molar-refractivity contribution in [3.63, 3.8) is 0 Å². The standard InChI is InChI=1S/C38H41ClF2N10O3/c1-22-19-48(20-24-8-11-49(12-9-24)25-4-6-26(7-5-25)51-13-10-32(52)43-38(51)53)14-15-50(22)34-30(40)16-27(17-31(34)41)54-35-29(39)18-42-37-33(35)44-36(45-37)28-21-47(3)46-23(28)2/h4-7,16-18,21-22,24H,8-15,19-20H2,1-3H3,(H,42,44,45)(H,43,52,53)/t22-/m1/s1. The highest BCUT2D eigenvalue weighted by molar-refractivity contribution is 6.32. The Hall–Kier alpha value is -5.28. The minimum absolute atomic E-state index is 0.0301. The van der Waals surface area contributed by atoms with Crippen LogP contribution >= 0.6 is 11.6 Å². The summed E-state index contributed by atoms with van der Waals surface area (Å²) in [6.07, 6.45) is 5.59. The predicted octanol–water partition coefficient (Wildman–Crippen LogP) is 6.26. The van der Waals surface area contributed by atoms with E-state index in [2.05, 4.69) is 35.2 Å². The van der Waals surface area contributed by atoms with Crippen molar-refractivity contribution in [2.75, 3.05) is 60.5 Å². The maximum absolute atomic E-state index is 15.8. The van der Waals surface area contributed by atoms with Gasteiger partial charge in [0.25, 0.3) is 0 Å². The van der Waals surface area contributed by atoms with E-state index >= 15 is 8.78 Å². The summed E-state index contributed by atoms with van der Waals surface area (Å²) in [5.74, 6) is -0.487. The largest absolute Gasteiger partial charge is 0.453 e. The molecule has 2 aromatic carbocycles. The quantitative estimate of drug-likeness (QED) is 0.189. The zero-order valence-electron chi connectivity index (χ0n) is 30.3. The van der Waals surface area contributed by atoms with Gasteiger partial charge in [0.2, 0.25) is 5.91 Å². The summed E-state index contributed by atoms with van der Waals surface area (Å²) in [5.41, 5.74) is 4.12. The van der Waals surface area contributed by atoms with Gasteiger partial charge >= 0.3 is 6.03 Å². The molecular weight excluding hydrogens is 718 g/mol. The molecule has 16 heteroatoms. The Bertz CT molecular complexity index is 2200. The van der Waals surface area contributed by atoms with Crippen LogP contribution in [-0.4, -0.2) is 93.4 Å². The number of halogens is 3. The number of imide groups is 1. The molecule has 0 saturated carbocycles. The molecule has 8 rings (SSSR count). The molecule has 3 saturated heterocycles. The summed E-state index contributed by atoms with van der Waals surface area (Å²) in [4.78, 5) is 43.9. The van der Waals surface area contributed by atoms with E-state index < -0.39 is 11.6 Å². The highest BCUT2D eigenvalue weighted by Crippen LogP contribution is 2.39. The molecule has 13 nitrogen and oxygen atoms in total. The minimum Gasteiger partial charge on any atom is -0.453 e. The van der Waals surface area contributed by atoms with Crippen LogP contribution in [0.1, 0.15) is 31.9 Å². The Morgan fingerprint density at radius 3 is 2.39 bits per heavy atom. The van der Waals surface area contributed by atoms with Crippen molar-refractivity contribution in [2.45, 2.75) is 39.2 Å². The van der Waals surface area contributed by atoms with Crippen LogP contribution < -0.4 is 24.8 Å². The van der Waals surface area contributed by atoms with Crippen LogP contribution in [0.2, 0.25) is 5.02 Å². The third-order valence-corrected chi connectivity index (χ3v) is 10.9. The summed E-state index contributed by atoms with van der Waals surface area (Å²) in [6.45, 7) is 8.90. The molecule has 0 spiro atoms. The minimum atomic E-state index is -0.710. The van der Waals surface area contributed by atoms with Crippen LogP contribution in [0.15, 0.2) is 48.8 Å². The first-order chi connectivity index (χ1) is 26.0. The predicted molar refractivity (Wildman–Crippen MR) is 202 cm³/mol. The molecule has 0 unspecified atom stereocenters. The lowest BCUT2D eigenvalue weighted by molar-refractivity contribution is -0.120. The monoisotopic (exact) mass is 758 g/mol. The van der Waals surface area contributed by atoms with Crippen LogP contribution in [0.3, 0.4) is 0 Å². The maximum Gasteiger partial charge on any atom is 0.328 e. The number of imidazole rings is 1. The van der Waals surface area contributed by atoms with E-state index in [-0.39, 0.29) is 40.2 Å². The molecule has 0 bridgehead atoms. The molecule has 3 amide bonds. The number of amides is 3. The van der Waals surface area contributed by atoms with Crippen LogP contribution in [-0.2, 0) is 11.8 Å². The van der Waals surface area contributed by atoms with E-state index in [1.54, 1.807) is 14.5 Å². The summed E-state index contributed by atoms with van der Waals surface area (Å²) in [7, 11) is 1.82. The van der Waals surface area contributed by atoms with Gasteiger partial charge in [0, 0.05) is 95.0 Å². The van der Waals surface area contributed by atoms with E-state index in [1.165, 1.54) is 18.3 Å². The number of carbonyl (C=O) groups is 2. The first-order valence-electron chi connectivity index (χ1n) is 18.2. The molecule has 54 heavy (non-hydrogen) atoms. The maximum atomic E-state index is 15.8. The van der Waals surface area contributed by atoms with Crippen molar-refractivity contribution in [3.05, 3.63) is 71.1 Å². The summed E-state index contributed by atoms with van der Waals surface area (Å²) in [5, 5.41) is 6.90. The molecular formula is C38H41ClF2N10O3. The van der Waals surface area contributed by atoms with E-state index in [4.69, 9.17) is 16.3 Å². The van der Waals surface area contributed by atoms with Gasteiger partial charge < -0.3 is 19.5 Å². The molecule has 6 heterocycles. The number of aromatic amines is 1. The van der Waals surface area contributed by atoms with Gasteiger partial charge in [-0.25, -0.2) is 23.5 Å². The third-order valence-electron chi connectivity index (χ3n) is 10.6. The number of benzene rings is 2. The van der Waals surface area contributed by atoms with Gasteiger partial charge in [-0.2, -0.15) is 5.10 Å². The number of H-pyrrole nitrogens is 1. The zero-order chi connectivity index (χ0) is 37.7. The molecule has 282 valence electrons. The van der Waals surface area contributed by atoms with Gasteiger partial charge in [0.1, 0.15) is 27.8 Å². The molecule has 2 N–H and O–H groups in total. The lowest BCUT2D eigenvalue weighted by Crippen LogP contribution is -2.54. The summed E-state index contributed by atoms with van der Waals surface area (Å²) >= 11 is 6.48. The lowest BCUT2D eigenvalue weighted by Gasteiger charge is -2.43. The number of anilines is 3. The summed E-state index contributed by atoms with van der Waals surface area (Å²) < 4.78 is 39.2. The molecule has 3 aliphatic rings. The molecule has 3 aromatic heterocycles. The van der Waals surface area contributed by atoms with Crippen molar-refractivity contribution in [1.29, 1.82) is 0 Å². The second-order valence-corrected chi connectivity index (χ2v) is 14.8. The number of urea groups is 1. The van der Waals surface area contributed by atoms with Crippen LogP contribution in [0.25, 0.3) is 22.6 Å². The number of hydrogen-bond acceptors (Lipinski definition) is 9. The Kier molecular flexibility index (Phi) is 9.60. The van der Waals surface area contributed by atoms with Gasteiger partial charge in [0.15, 0.2) is 23.0 Å². The highest BCUT2D eigenvalue weighted by Gasteiger charge is 2.31. The Morgan fingerprint density at radius 1 is 1.00 bits per heavy atom. The number of piperazine rings is 1. The van der Waals surface area contributed by atoms with Gasteiger partial charge in [-0.15, -0.1) is 0 Å². The van der Waals surface area contributed by atoms with Crippen LogP contribution in [0.5, 0.6) is 11.5 Å². The number of carbonyl (C=O) groups excluding carboxylic acids is 2. The number of aryl methyl sites for hydroxylation is 2. The molecule has 0 aliphatic carbocycles. The number of rotatable bonds is 8. The fraction of sp³-hybridized carbons (Fsp3) is 0.395. The van der Waals surface area contributed by atoms with Crippen molar-refractivity contribution in [1.82, 2.24) is 34.9 Å². The fourth-order valence-corrected chi connectivity index (χ4v) is 8.07. The Morgan fingerprint density at radius 2 is 1.72 bits per heavy atom. The third kappa shape index (κ3) is 7.05. The van der Waals surface area contributed by atoms with Crippen molar-refractivity contribution >= 4 is 51.8 Å². The average Bonchev–Trinajstić information content (AvgIpc) is 3.72. The molecule has 3 fully saturated rings. The van der Waals surface area contributed by atoms with E-state index in [9.17, 15) is 9.59 Å². The van der Waals surface area contributed by atoms with Gasteiger partial charge in [0.05, 0.1) is 17.5 Å². The fourth-order valence-electron chi connectivity index (χ4n) is 7.89. The topological polar surface area (TPSA) is 128 Å². The molecule has 3 aliphatic heterocycles. The van der Waals surface area contributed by atoms with E-state index in [0.29, 0.717) is 55.5 Å². The zero-order valence-corrected chi connectivity index (χ0v) is 31.0. The SMILES string of the molecule is Cc1nn(C)cc1-c1nc2ncc(Cl)c(Oc3cc(F)c(N4CCN(CC5CCN(c6ccc(N7CCC(=O)NC7=O)cc6)CC5)C[C@H]4C)c(F)c3)c2[nH]1. The Balaban J connectivity index is 0.872. The highest BCUT2D eigenvalue weighted by atomic mass is 35.5. The van der Waals surface area contributed by atoms with Gasteiger partial charge in [-0.3, -0.25) is 24.6 Å². The summed E-state index contributed by atoms with van der Waals surface area (Å²) in [6, 6.07) is 9.81. The lowest BCUT2D eigenvalue weighted by atomic mass is 9.95. The van der Waals surface area contributed by atoms with E-state index in [0.717, 1.165) is 55.1 Å². The average molecular weight is 759 g/mol. The Labute approximate surface area is 315 Å². The first-order valence-corrected chi connectivity index (χ1v) is 18.6. The van der Waals surface area contributed by atoms with E-state index in [1.807, 2.05) is 51.4 Å². The first kappa shape index (κ1) is 35.7. The number of hydrogen-bond donors (Lipinski definition) is 2. The smallest absolute Gasteiger partial charge is 0.328 e. The van der Waals surface area contributed by atoms with Crippen molar-refractivity contribution in [3.8, 4) is 22.9 Å². The number of ether oxygens (including phenoxy) is 1. The number of piperidine rings is 1. The van der Waals surface area contributed by atoms with Gasteiger partial charge in [-0.05, 0) is 56.9 Å². The number of aromatic nitrogens is 5. The molecule has 1 atom stereocenters. The van der Waals surface area contributed by atoms with Crippen molar-refractivity contribution < 1.29 is 23.1 Å². The molecule has 5 aromatic rings. The van der Waals surface area contributed by atoms with Crippen LogP contribution in [0.4, 0.5) is 30.6 Å². The number of nitrogens with one attached hydrogen (secondary N) is 2. The number of pyridine rings is 1. The molecule has 0 radical (unpaired) electrons. The second kappa shape index (κ2) is 14.5. The normalized spacial score (nSPS) is 18.9. The second-order valence-electron chi connectivity index (χ2n) is 14.4. The van der Waals surface area contributed by atoms with Crippen molar-refractivity contribution in [2.24, 2.45) is 13.0 Å². The number of fused-ring (bicyclic) bond motifs is 1. The van der Waals surface area contributed by atoms with Crippen LogP contribution in [0, 0.1) is 24.5 Å². The van der Waals surface area contributed by atoms with Gasteiger partial charge in [-0.1, -0.05) is 11.6 Å².